The van der Waals surface area contributed by atoms with E-state index >= 15 is 0 Å². The number of amides is 1. The van der Waals surface area contributed by atoms with Crippen molar-refractivity contribution < 1.29 is 23.5 Å². The van der Waals surface area contributed by atoms with Gasteiger partial charge in [0, 0.05) is 31.8 Å². The van der Waals surface area contributed by atoms with Gasteiger partial charge in [-0.15, -0.1) is 0 Å². The molecule has 2 unspecified atom stereocenters. The molecule has 1 amide bonds. The van der Waals surface area contributed by atoms with Crippen LogP contribution < -0.4 is 9.64 Å². The minimum atomic E-state index is -0.780. The van der Waals surface area contributed by atoms with E-state index in [1.54, 1.807) is 30.3 Å². The first kappa shape index (κ1) is 19.7. The number of anilines is 1. The maximum atomic E-state index is 13.9. The third-order valence-corrected chi connectivity index (χ3v) is 4.74. The van der Waals surface area contributed by atoms with E-state index in [4.69, 9.17) is 9.47 Å². The van der Waals surface area contributed by atoms with Gasteiger partial charge in [-0.2, -0.15) is 0 Å². The monoisotopic (exact) mass is 386 g/mol. The molecule has 1 saturated heterocycles. The van der Waals surface area contributed by atoms with Crippen LogP contribution in [0.5, 0.6) is 5.75 Å². The first-order valence-corrected chi connectivity index (χ1v) is 8.98. The number of hydrogen-bond acceptors (Lipinski definition) is 5. The summed E-state index contributed by atoms with van der Waals surface area (Å²) in [5, 5.41) is 0. The van der Waals surface area contributed by atoms with Gasteiger partial charge < -0.3 is 19.3 Å². The van der Waals surface area contributed by atoms with E-state index in [2.05, 4.69) is 0 Å². The average molecular weight is 386 g/mol. The Labute approximate surface area is 163 Å². The number of ether oxygens (including phenoxy) is 2. The Morgan fingerprint density at radius 1 is 1.14 bits per heavy atom. The molecule has 0 radical (unpaired) electrons. The van der Waals surface area contributed by atoms with E-state index in [1.165, 1.54) is 24.1 Å². The van der Waals surface area contributed by atoms with Crippen LogP contribution in [-0.2, 0) is 9.53 Å². The van der Waals surface area contributed by atoms with Crippen molar-refractivity contribution in [3.05, 3.63) is 59.9 Å². The first-order chi connectivity index (χ1) is 13.4. The molecule has 0 spiro atoms. The Bertz CT molecular complexity index is 871. The van der Waals surface area contributed by atoms with E-state index in [-0.39, 0.29) is 24.6 Å². The van der Waals surface area contributed by atoms with Crippen molar-refractivity contribution in [2.24, 2.45) is 0 Å². The lowest BCUT2D eigenvalue weighted by atomic mass is 10.1. The van der Waals surface area contributed by atoms with Crippen LogP contribution in [0, 0.1) is 5.82 Å². The van der Waals surface area contributed by atoms with Crippen LogP contribution in [0.2, 0.25) is 0 Å². The fraction of sp³-hybridized carbons (Fsp3) is 0.333. The smallest absolute Gasteiger partial charge is 0.328 e. The summed E-state index contributed by atoms with van der Waals surface area (Å²) < 4.78 is 24.5. The second-order valence-corrected chi connectivity index (χ2v) is 6.85. The van der Waals surface area contributed by atoms with E-state index in [9.17, 15) is 14.0 Å². The van der Waals surface area contributed by atoms with Crippen LogP contribution >= 0.6 is 0 Å². The van der Waals surface area contributed by atoms with Crippen molar-refractivity contribution in [2.75, 3.05) is 32.6 Å². The summed E-state index contributed by atoms with van der Waals surface area (Å²) in [6.45, 7) is 0.166. The molecule has 1 heterocycles. The number of para-hydroxylation sites is 1. The average Bonchev–Trinajstić information content (AvgIpc) is 3.12. The zero-order chi connectivity index (χ0) is 20.3. The molecule has 7 heteroatoms. The van der Waals surface area contributed by atoms with Gasteiger partial charge in [0.1, 0.15) is 12.1 Å². The molecule has 0 saturated carbocycles. The summed E-state index contributed by atoms with van der Waals surface area (Å²) >= 11 is 0. The maximum absolute atomic E-state index is 13.9. The first-order valence-electron chi connectivity index (χ1n) is 8.98. The van der Waals surface area contributed by atoms with Gasteiger partial charge in [0.15, 0.2) is 11.6 Å². The lowest BCUT2D eigenvalue weighted by molar-refractivity contribution is -0.145. The summed E-state index contributed by atoms with van der Waals surface area (Å²) in [7, 11) is 5.05. The molecule has 28 heavy (non-hydrogen) atoms. The Morgan fingerprint density at radius 3 is 2.57 bits per heavy atom. The van der Waals surface area contributed by atoms with E-state index in [0.717, 1.165) is 5.69 Å². The van der Waals surface area contributed by atoms with Crippen molar-refractivity contribution in [3.8, 4) is 5.75 Å². The van der Waals surface area contributed by atoms with Crippen molar-refractivity contribution >= 4 is 17.6 Å². The van der Waals surface area contributed by atoms with Gasteiger partial charge in [-0.1, -0.05) is 18.2 Å². The van der Waals surface area contributed by atoms with Crippen molar-refractivity contribution in [1.82, 2.24) is 4.90 Å². The van der Waals surface area contributed by atoms with E-state index in [1.807, 2.05) is 25.1 Å². The lowest BCUT2D eigenvalue weighted by Gasteiger charge is -2.23. The second kappa shape index (κ2) is 8.29. The highest BCUT2D eigenvalue weighted by atomic mass is 19.1. The Hall–Kier alpha value is -3.09. The fourth-order valence-corrected chi connectivity index (χ4v) is 3.27. The zero-order valence-electron chi connectivity index (χ0n) is 16.1. The number of esters is 1. The van der Waals surface area contributed by atoms with Crippen LogP contribution in [0.3, 0.4) is 0 Å². The van der Waals surface area contributed by atoms with Crippen molar-refractivity contribution in [3.63, 3.8) is 0 Å². The summed E-state index contributed by atoms with van der Waals surface area (Å²) in [6.07, 6.45) is -0.276. The minimum absolute atomic E-state index is 0.0972. The van der Waals surface area contributed by atoms with Gasteiger partial charge >= 0.3 is 5.97 Å². The van der Waals surface area contributed by atoms with Crippen LogP contribution in [0.25, 0.3) is 0 Å². The molecule has 148 valence electrons. The number of carbonyl (C=O) groups excluding carboxylic acids is 2. The highest BCUT2D eigenvalue weighted by Crippen LogP contribution is 2.27. The highest BCUT2D eigenvalue weighted by Gasteiger charge is 2.42. The zero-order valence-corrected chi connectivity index (χ0v) is 16.1. The summed E-state index contributed by atoms with van der Waals surface area (Å²) in [6, 6.07) is 12.4. The number of benzene rings is 2. The summed E-state index contributed by atoms with van der Waals surface area (Å²) in [5.41, 5.74) is 1.34. The number of hydrogen-bond donors (Lipinski definition) is 0. The summed E-state index contributed by atoms with van der Waals surface area (Å²) in [5.74, 6) is -1.20. The van der Waals surface area contributed by atoms with Crippen molar-refractivity contribution in [2.45, 2.75) is 18.6 Å². The molecular weight excluding hydrogens is 363 g/mol. The minimum Gasteiger partial charge on any atom is -0.485 e. The topological polar surface area (TPSA) is 59.1 Å². The molecule has 1 aliphatic heterocycles. The molecule has 6 nitrogen and oxygen atoms in total. The normalized spacial score (nSPS) is 18.6. The Morgan fingerprint density at radius 2 is 1.89 bits per heavy atom. The molecule has 0 bridgehead atoms. The number of halogens is 1. The lowest BCUT2D eigenvalue weighted by Crippen LogP contribution is -2.41. The molecule has 0 N–H and O–H groups in total. The number of nitrogens with zero attached hydrogens (tertiary/aromatic N) is 2. The van der Waals surface area contributed by atoms with Gasteiger partial charge in [-0.25, -0.2) is 9.18 Å². The predicted octanol–water partition coefficient (Wildman–Crippen LogP) is 2.73. The Kier molecular flexibility index (Phi) is 5.82. The SMILES string of the molecule is COC(=O)C1CC(Oc2ccccc2F)CN1C(=O)c1cccc(N(C)C)c1. The van der Waals surface area contributed by atoms with Gasteiger partial charge in [0.05, 0.1) is 13.7 Å². The number of rotatable bonds is 5. The van der Waals surface area contributed by atoms with Gasteiger partial charge in [0.2, 0.25) is 0 Å². The molecule has 2 atom stereocenters. The molecule has 1 aliphatic rings. The molecule has 0 aliphatic carbocycles. The third kappa shape index (κ3) is 4.08. The molecule has 2 aromatic carbocycles. The largest absolute Gasteiger partial charge is 0.485 e. The van der Waals surface area contributed by atoms with E-state index in [0.29, 0.717) is 5.56 Å². The van der Waals surface area contributed by atoms with Crippen LogP contribution in [0.15, 0.2) is 48.5 Å². The number of methoxy groups -OCH3 is 1. The second-order valence-electron chi connectivity index (χ2n) is 6.85. The van der Waals surface area contributed by atoms with Gasteiger partial charge in [-0.3, -0.25) is 4.79 Å². The standard InChI is InChI=1S/C21H23FN2O4/c1-23(2)15-8-6-7-14(11-15)20(25)24-13-16(12-18(24)21(26)27-3)28-19-10-5-4-9-17(19)22/h4-11,16,18H,12-13H2,1-3H3. The quantitative estimate of drug-likeness (QED) is 0.740. The highest BCUT2D eigenvalue weighted by molar-refractivity contribution is 5.98. The predicted molar refractivity (Wildman–Crippen MR) is 103 cm³/mol. The van der Waals surface area contributed by atoms with Crippen molar-refractivity contribution in [1.29, 1.82) is 0 Å². The summed E-state index contributed by atoms with van der Waals surface area (Å²) in [4.78, 5) is 28.7. The van der Waals surface area contributed by atoms with Crippen LogP contribution in [0.4, 0.5) is 10.1 Å². The van der Waals surface area contributed by atoms with Crippen LogP contribution in [0.1, 0.15) is 16.8 Å². The van der Waals surface area contributed by atoms with Gasteiger partial charge in [0.25, 0.3) is 5.91 Å². The van der Waals surface area contributed by atoms with E-state index < -0.39 is 23.9 Å². The molecule has 1 fully saturated rings. The molecule has 2 aromatic rings. The molecule has 3 rings (SSSR count). The molecular formula is C21H23FN2O4. The number of likely N-dealkylation sites (tertiary alicyclic amines) is 1. The Balaban J connectivity index is 1.83. The maximum Gasteiger partial charge on any atom is 0.328 e. The third-order valence-electron chi connectivity index (χ3n) is 4.74. The molecule has 0 aromatic heterocycles. The van der Waals surface area contributed by atoms with Gasteiger partial charge in [-0.05, 0) is 30.3 Å². The number of carbonyl (C=O) groups is 2. The van der Waals surface area contributed by atoms with Crippen LogP contribution in [-0.4, -0.2) is 56.7 Å². The fourth-order valence-electron chi connectivity index (χ4n) is 3.27.